The normalized spacial score (nSPS) is 10.6. The van der Waals surface area contributed by atoms with Crippen LogP contribution in [0, 0.1) is 0 Å². The van der Waals surface area contributed by atoms with Gasteiger partial charge in [0.1, 0.15) is 18.7 Å². The molecule has 0 fully saturated rings. The molecule has 0 atom stereocenters. The van der Waals surface area contributed by atoms with Crippen molar-refractivity contribution in [3.63, 3.8) is 0 Å². The molecule has 0 aliphatic carbocycles. The minimum absolute atomic E-state index is 0.0467. The van der Waals surface area contributed by atoms with Gasteiger partial charge in [0.25, 0.3) is 0 Å². The van der Waals surface area contributed by atoms with Crippen LogP contribution in [0.1, 0.15) is 24.7 Å². The number of aromatic nitrogens is 3. The zero-order chi connectivity index (χ0) is 12.8. The highest BCUT2D eigenvalue weighted by Gasteiger charge is 2.04. The molecule has 1 aromatic carbocycles. The van der Waals surface area contributed by atoms with E-state index in [2.05, 4.69) is 17.0 Å². The van der Waals surface area contributed by atoms with Gasteiger partial charge in [-0.1, -0.05) is 19.1 Å². The second-order valence-electron chi connectivity index (χ2n) is 3.99. The molecule has 18 heavy (non-hydrogen) atoms. The van der Waals surface area contributed by atoms with Gasteiger partial charge >= 0.3 is 0 Å². The Kier molecular flexibility index (Phi) is 4.30. The van der Waals surface area contributed by atoms with Crippen LogP contribution in [0.25, 0.3) is 0 Å². The number of ether oxygens (including phenoxy) is 1. The Morgan fingerprint density at radius 2 is 2.06 bits per heavy atom. The van der Waals surface area contributed by atoms with Crippen LogP contribution in [0.4, 0.5) is 0 Å². The number of aliphatic hydroxyl groups is 1. The van der Waals surface area contributed by atoms with Gasteiger partial charge in [0, 0.05) is 6.54 Å². The van der Waals surface area contributed by atoms with Gasteiger partial charge in [-0.05, 0) is 24.1 Å². The molecule has 0 aliphatic heterocycles. The summed E-state index contributed by atoms with van der Waals surface area (Å²) < 4.78 is 7.48. The maximum atomic E-state index is 8.94. The SMILES string of the molecule is CCCn1ncnc1COc1ccc(CO)cc1. The van der Waals surface area contributed by atoms with Gasteiger partial charge in [-0.2, -0.15) is 5.10 Å². The van der Waals surface area contributed by atoms with E-state index in [-0.39, 0.29) is 6.61 Å². The minimum atomic E-state index is 0.0467. The first-order valence-corrected chi connectivity index (χ1v) is 6.02. The largest absolute Gasteiger partial charge is 0.486 e. The third-order valence-corrected chi connectivity index (χ3v) is 2.60. The summed E-state index contributed by atoms with van der Waals surface area (Å²) in [7, 11) is 0. The first-order valence-electron chi connectivity index (χ1n) is 6.02. The molecule has 0 aliphatic rings. The fraction of sp³-hybridized carbons (Fsp3) is 0.385. The molecule has 1 N–H and O–H groups in total. The van der Waals surface area contributed by atoms with Crippen molar-refractivity contribution in [2.75, 3.05) is 0 Å². The Hall–Kier alpha value is -1.88. The lowest BCUT2D eigenvalue weighted by Crippen LogP contribution is -2.08. The Morgan fingerprint density at radius 3 is 2.72 bits per heavy atom. The summed E-state index contributed by atoms with van der Waals surface area (Å²) in [5.41, 5.74) is 0.872. The van der Waals surface area contributed by atoms with E-state index in [0.717, 1.165) is 30.1 Å². The van der Waals surface area contributed by atoms with Crippen molar-refractivity contribution in [1.82, 2.24) is 14.8 Å². The Bertz CT molecular complexity index is 479. The molecule has 0 spiro atoms. The molecule has 0 saturated heterocycles. The number of aliphatic hydroxyl groups excluding tert-OH is 1. The van der Waals surface area contributed by atoms with Gasteiger partial charge in [-0.3, -0.25) is 0 Å². The summed E-state index contributed by atoms with van der Waals surface area (Å²) in [6.07, 6.45) is 2.56. The number of hydrogen-bond donors (Lipinski definition) is 1. The van der Waals surface area contributed by atoms with Gasteiger partial charge in [0.05, 0.1) is 6.61 Å². The number of benzene rings is 1. The molecule has 5 heteroatoms. The molecule has 1 heterocycles. The van der Waals surface area contributed by atoms with E-state index in [1.807, 2.05) is 28.9 Å². The average Bonchev–Trinajstić information content (AvgIpc) is 2.85. The summed E-state index contributed by atoms with van der Waals surface area (Å²) in [6.45, 7) is 3.39. The standard InChI is InChI=1S/C13H17N3O2/c1-2-7-16-13(14-10-15-16)9-18-12-5-3-11(8-17)4-6-12/h3-6,10,17H,2,7-9H2,1H3. The summed E-state index contributed by atoms with van der Waals surface area (Å²) in [4.78, 5) is 4.17. The molecule has 1 aromatic heterocycles. The lowest BCUT2D eigenvalue weighted by Gasteiger charge is -2.07. The van der Waals surface area contributed by atoms with Crippen molar-refractivity contribution in [1.29, 1.82) is 0 Å². The molecular weight excluding hydrogens is 230 g/mol. The lowest BCUT2D eigenvalue weighted by atomic mass is 10.2. The predicted octanol–water partition coefficient (Wildman–Crippen LogP) is 1.76. The maximum Gasteiger partial charge on any atom is 0.164 e. The highest BCUT2D eigenvalue weighted by molar-refractivity contribution is 5.26. The second-order valence-corrected chi connectivity index (χ2v) is 3.99. The van der Waals surface area contributed by atoms with Crippen molar-refractivity contribution in [3.8, 4) is 5.75 Å². The molecule has 0 bridgehead atoms. The fourth-order valence-corrected chi connectivity index (χ4v) is 1.64. The van der Waals surface area contributed by atoms with E-state index in [4.69, 9.17) is 9.84 Å². The smallest absolute Gasteiger partial charge is 0.164 e. The fourth-order valence-electron chi connectivity index (χ4n) is 1.64. The average molecular weight is 247 g/mol. The third-order valence-electron chi connectivity index (χ3n) is 2.60. The van der Waals surface area contributed by atoms with Gasteiger partial charge in [-0.15, -0.1) is 0 Å². The summed E-state index contributed by atoms with van der Waals surface area (Å²) >= 11 is 0. The Balaban J connectivity index is 1.95. The van der Waals surface area contributed by atoms with Crippen LogP contribution in [-0.2, 0) is 19.8 Å². The Morgan fingerprint density at radius 1 is 1.28 bits per heavy atom. The molecule has 96 valence electrons. The van der Waals surface area contributed by atoms with Gasteiger partial charge in [0.15, 0.2) is 5.82 Å². The van der Waals surface area contributed by atoms with Crippen molar-refractivity contribution < 1.29 is 9.84 Å². The van der Waals surface area contributed by atoms with E-state index in [1.54, 1.807) is 6.33 Å². The van der Waals surface area contributed by atoms with E-state index < -0.39 is 0 Å². The molecule has 0 saturated carbocycles. The van der Waals surface area contributed by atoms with Crippen molar-refractivity contribution in [2.45, 2.75) is 33.1 Å². The zero-order valence-electron chi connectivity index (χ0n) is 10.4. The van der Waals surface area contributed by atoms with Crippen LogP contribution < -0.4 is 4.74 Å². The van der Waals surface area contributed by atoms with Crippen LogP contribution in [0.5, 0.6) is 5.75 Å². The van der Waals surface area contributed by atoms with Crippen molar-refractivity contribution >= 4 is 0 Å². The lowest BCUT2D eigenvalue weighted by molar-refractivity contribution is 0.278. The molecule has 5 nitrogen and oxygen atoms in total. The number of rotatable bonds is 6. The quantitative estimate of drug-likeness (QED) is 0.845. The van der Waals surface area contributed by atoms with Crippen LogP contribution >= 0.6 is 0 Å². The molecular formula is C13H17N3O2. The van der Waals surface area contributed by atoms with Crippen LogP contribution in [0.3, 0.4) is 0 Å². The first kappa shape index (κ1) is 12.6. The molecule has 0 unspecified atom stereocenters. The van der Waals surface area contributed by atoms with Gasteiger partial charge in [0.2, 0.25) is 0 Å². The van der Waals surface area contributed by atoms with Gasteiger partial charge in [-0.25, -0.2) is 9.67 Å². The zero-order valence-corrected chi connectivity index (χ0v) is 10.4. The summed E-state index contributed by atoms with van der Waals surface area (Å²) in [5.74, 6) is 1.58. The maximum absolute atomic E-state index is 8.94. The van der Waals surface area contributed by atoms with Crippen molar-refractivity contribution in [2.24, 2.45) is 0 Å². The monoisotopic (exact) mass is 247 g/mol. The number of hydrogen-bond acceptors (Lipinski definition) is 4. The molecule has 2 rings (SSSR count). The van der Waals surface area contributed by atoms with E-state index in [9.17, 15) is 0 Å². The Labute approximate surface area is 106 Å². The summed E-state index contributed by atoms with van der Waals surface area (Å²) in [6, 6.07) is 7.36. The third kappa shape index (κ3) is 3.07. The molecule has 0 radical (unpaired) electrons. The topological polar surface area (TPSA) is 60.2 Å². The highest BCUT2D eigenvalue weighted by atomic mass is 16.5. The van der Waals surface area contributed by atoms with Crippen LogP contribution in [0.15, 0.2) is 30.6 Å². The molecule has 0 amide bonds. The highest BCUT2D eigenvalue weighted by Crippen LogP contribution is 2.13. The second kappa shape index (κ2) is 6.16. The van der Waals surface area contributed by atoms with E-state index in [0.29, 0.717) is 6.61 Å². The van der Waals surface area contributed by atoms with Crippen LogP contribution in [-0.4, -0.2) is 19.9 Å². The van der Waals surface area contributed by atoms with E-state index >= 15 is 0 Å². The number of aryl methyl sites for hydroxylation is 1. The number of nitrogens with zero attached hydrogens (tertiary/aromatic N) is 3. The van der Waals surface area contributed by atoms with Crippen LogP contribution in [0.2, 0.25) is 0 Å². The predicted molar refractivity (Wildman–Crippen MR) is 67.0 cm³/mol. The van der Waals surface area contributed by atoms with Gasteiger partial charge < -0.3 is 9.84 Å². The molecule has 2 aromatic rings. The van der Waals surface area contributed by atoms with E-state index in [1.165, 1.54) is 0 Å². The van der Waals surface area contributed by atoms with Crippen molar-refractivity contribution in [3.05, 3.63) is 42.0 Å². The first-order chi connectivity index (χ1) is 8.83. The summed E-state index contributed by atoms with van der Waals surface area (Å²) in [5, 5.41) is 13.1. The minimum Gasteiger partial charge on any atom is -0.486 e.